The highest BCUT2D eigenvalue weighted by molar-refractivity contribution is 7.89. The number of nitrogens with zero attached hydrogens (tertiary/aromatic N) is 1. The van der Waals surface area contributed by atoms with Crippen molar-refractivity contribution in [3.05, 3.63) is 83.8 Å². The van der Waals surface area contributed by atoms with E-state index in [1.807, 2.05) is 24.3 Å². The number of benzene rings is 2. The van der Waals surface area contributed by atoms with Gasteiger partial charge in [-0.1, -0.05) is 38.1 Å². The van der Waals surface area contributed by atoms with Crippen molar-refractivity contribution in [1.29, 1.82) is 0 Å². The minimum atomic E-state index is -3.79. The summed E-state index contributed by atoms with van der Waals surface area (Å²) in [5.74, 6) is 0.756. The molecule has 1 aromatic heterocycles. The molecule has 3 rings (SSSR count). The summed E-state index contributed by atoms with van der Waals surface area (Å²) in [6.45, 7) is 5.98. The first-order chi connectivity index (χ1) is 14.3. The van der Waals surface area contributed by atoms with E-state index in [9.17, 15) is 13.2 Å². The average Bonchev–Trinajstić information content (AvgIpc) is 3.21. The number of anilines is 1. The molecule has 0 spiro atoms. The van der Waals surface area contributed by atoms with Gasteiger partial charge in [0.05, 0.1) is 17.7 Å². The Morgan fingerprint density at radius 2 is 1.67 bits per heavy atom. The van der Waals surface area contributed by atoms with Gasteiger partial charge in [0.25, 0.3) is 0 Å². The summed E-state index contributed by atoms with van der Waals surface area (Å²) in [6, 6.07) is 17.6. The third-order valence-electron chi connectivity index (χ3n) is 4.73. The summed E-state index contributed by atoms with van der Waals surface area (Å²) < 4.78 is 33.5. The molecule has 1 amide bonds. The molecule has 0 atom stereocenters. The van der Waals surface area contributed by atoms with Crippen molar-refractivity contribution < 1.29 is 17.6 Å². The maximum Gasteiger partial charge on any atom is 0.243 e. The van der Waals surface area contributed by atoms with Crippen LogP contribution >= 0.6 is 0 Å². The molecule has 7 heteroatoms. The van der Waals surface area contributed by atoms with Crippen LogP contribution in [0, 0.1) is 0 Å². The largest absolute Gasteiger partial charge is 0.468 e. The predicted octanol–water partition coefficient (Wildman–Crippen LogP) is 4.75. The highest BCUT2D eigenvalue weighted by atomic mass is 32.2. The van der Waals surface area contributed by atoms with Crippen LogP contribution in [-0.2, 0) is 27.9 Å². The van der Waals surface area contributed by atoms with Gasteiger partial charge in [0.2, 0.25) is 15.9 Å². The summed E-state index contributed by atoms with van der Waals surface area (Å²) in [5.41, 5.74) is 2.64. The smallest absolute Gasteiger partial charge is 0.243 e. The van der Waals surface area contributed by atoms with Gasteiger partial charge in [-0.05, 0) is 53.4 Å². The molecule has 0 unspecified atom stereocenters. The average molecular weight is 427 g/mol. The monoisotopic (exact) mass is 426 g/mol. The first-order valence-corrected chi connectivity index (χ1v) is 11.2. The molecule has 0 radical (unpaired) electrons. The highest BCUT2D eigenvalue weighted by Crippen LogP contribution is 2.24. The van der Waals surface area contributed by atoms with Gasteiger partial charge in [-0.2, -0.15) is 4.31 Å². The van der Waals surface area contributed by atoms with Crippen molar-refractivity contribution in [3.8, 4) is 0 Å². The Bertz CT molecular complexity index is 1070. The lowest BCUT2D eigenvalue weighted by Crippen LogP contribution is -2.30. The lowest BCUT2D eigenvalue weighted by atomic mass is 10.0. The first kappa shape index (κ1) is 21.8. The topological polar surface area (TPSA) is 79.6 Å². The Morgan fingerprint density at radius 1 is 1.00 bits per heavy atom. The Hall–Kier alpha value is -2.90. The van der Waals surface area contributed by atoms with Gasteiger partial charge in [-0.15, -0.1) is 0 Å². The predicted molar refractivity (Wildman–Crippen MR) is 116 cm³/mol. The number of carbonyl (C=O) groups excluding carboxylic acids is 1. The van der Waals surface area contributed by atoms with Gasteiger partial charge in [0.15, 0.2) is 0 Å². The lowest BCUT2D eigenvalue weighted by Gasteiger charge is -2.22. The molecule has 0 aliphatic rings. The van der Waals surface area contributed by atoms with E-state index in [0.29, 0.717) is 17.4 Å². The SMILES string of the molecule is CC(=O)Nc1ccc(S(=O)(=O)N(Cc2ccc(C(C)C)cc2)Cc2ccco2)cc1. The lowest BCUT2D eigenvalue weighted by molar-refractivity contribution is -0.114. The van der Waals surface area contributed by atoms with Gasteiger partial charge >= 0.3 is 0 Å². The molecular weight excluding hydrogens is 400 g/mol. The van der Waals surface area contributed by atoms with E-state index in [1.54, 1.807) is 24.3 Å². The number of rotatable bonds is 8. The molecule has 1 N–H and O–H groups in total. The molecule has 3 aromatic rings. The second-order valence-corrected chi connectivity index (χ2v) is 9.39. The maximum absolute atomic E-state index is 13.4. The van der Waals surface area contributed by atoms with Crippen molar-refractivity contribution in [3.63, 3.8) is 0 Å². The molecule has 30 heavy (non-hydrogen) atoms. The van der Waals surface area contributed by atoms with Crippen LogP contribution < -0.4 is 5.32 Å². The molecule has 0 saturated heterocycles. The number of hydrogen-bond acceptors (Lipinski definition) is 4. The maximum atomic E-state index is 13.4. The minimum Gasteiger partial charge on any atom is -0.468 e. The van der Waals surface area contributed by atoms with Crippen molar-refractivity contribution in [1.82, 2.24) is 4.31 Å². The summed E-state index contributed by atoms with van der Waals surface area (Å²) in [4.78, 5) is 11.4. The van der Waals surface area contributed by atoms with E-state index in [4.69, 9.17) is 4.42 Å². The fourth-order valence-corrected chi connectivity index (χ4v) is 4.47. The summed E-state index contributed by atoms with van der Waals surface area (Å²) in [5, 5.41) is 2.64. The molecule has 0 aliphatic heterocycles. The van der Waals surface area contributed by atoms with E-state index < -0.39 is 10.0 Å². The summed E-state index contributed by atoms with van der Waals surface area (Å²) in [7, 11) is -3.79. The molecule has 0 bridgehead atoms. The third-order valence-corrected chi connectivity index (χ3v) is 6.54. The van der Waals surface area contributed by atoms with Gasteiger partial charge < -0.3 is 9.73 Å². The van der Waals surface area contributed by atoms with E-state index in [0.717, 1.165) is 5.56 Å². The normalized spacial score (nSPS) is 11.8. The zero-order valence-electron chi connectivity index (χ0n) is 17.3. The number of carbonyl (C=O) groups is 1. The summed E-state index contributed by atoms with van der Waals surface area (Å²) in [6.07, 6.45) is 1.53. The van der Waals surface area contributed by atoms with Crippen molar-refractivity contribution in [2.45, 2.75) is 44.7 Å². The molecular formula is C23H26N2O4S. The molecule has 1 heterocycles. The standard InChI is InChI=1S/C23H26N2O4S/c1-17(2)20-8-6-19(7-9-20)15-25(16-22-5-4-14-29-22)30(27,28)23-12-10-21(11-13-23)24-18(3)26/h4-14,17H,15-16H2,1-3H3,(H,24,26). The zero-order chi connectivity index (χ0) is 21.7. The Morgan fingerprint density at radius 3 is 2.20 bits per heavy atom. The molecule has 0 saturated carbocycles. The van der Waals surface area contributed by atoms with Crippen LogP contribution in [0.5, 0.6) is 0 Å². The third kappa shape index (κ3) is 5.37. The van der Waals surface area contributed by atoms with Crippen LogP contribution in [0.4, 0.5) is 5.69 Å². The van der Waals surface area contributed by atoms with Gasteiger partial charge in [-0.3, -0.25) is 4.79 Å². The number of hydrogen-bond donors (Lipinski definition) is 1. The molecule has 0 fully saturated rings. The number of nitrogens with one attached hydrogen (secondary N) is 1. The van der Waals surface area contributed by atoms with Gasteiger partial charge in [0, 0.05) is 19.2 Å². The van der Waals surface area contributed by atoms with Gasteiger partial charge in [-0.25, -0.2) is 8.42 Å². The Kier molecular flexibility index (Phi) is 6.74. The van der Waals surface area contributed by atoms with E-state index >= 15 is 0 Å². The van der Waals surface area contributed by atoms with Crippen LogP contribution in [0.1, 0.15) is 43.6 Å². The van der Waals surface area contributed by atoms with Crippen molar-refractivity contribution >= 4 is 21.6 Å². The van der Waals surface area contributed by atoms with E-state index in [2.05, 4.69) is 19.2 Å². The van der Waals surface area contributed by atoms with Crippen LogP contribution in [0.25, 0.3) is 0 Å². The zero-order valence-corrected chi connectivity index (χ0v) is 18.1. The summed E-state index contributed by atoms with van der Waals surface area (Å²) >= 11 is 0. The second kappa shape index (κ2) is 9.28. The Labute approximate surface area is 177 Å². The highest BCUT2D eigenvalue weighted by Gasteiger charge is 2.26. The van der Waals surface area contributed by atoms with E-state index in [1.165, 1.54) is 35.2 Å². The number of amides is 1. The molecule has 6 nitrogen and oxygen atoms in total. The van der Waals surface area contributed by atoms with Crippen molar-refractivity contribution in [2.24, 2.45) is 0 Å². The fraction of sp³-hybridized carbons (Fsp3) is 0.261. The van der Waals surface area contributed by atoms with Crippen LogP contribution in [0.3, 0.4) is 0 Å². The number of sulfonamides is 1. The van der Waals surface area contributed by atoms with Crippen LogP contribution in [-0.4, -0.2) is 18.6 Å². The number of furan rings is 1. The molecule has 0 aliphatic carbocycles. The van der Waals surface area contributed by atoms with E-state index in [-0.39, 0.29) is 23.9 Å². The molecule has 2 aromatic carbocycles. The molecule has 158 valence electrons. The fourth-order valence-electron chi connectivity index (χ4n) is 3.08. The first-order valence-electron chi connectivity index (χ1n) is 9.74. The van der Waals surface area contributed by atoms with Crippen LogP contribution in [0.15, 0.2) is 76.2 Å². The van der Waals surface area contributed by atoms with Gasteiger partial charge in [0.1, 0.15) is 5.76 Å². The van der Waals surface area contributed by atoms with Crippen LogP contribution in [0.2, 0.25) is 0 Å². The Balaban J connectivity index is 1.89. The van der Waals surface area contributed by atoms with Crippen molar-refractivity contribution in [2.75, 3.05) is 5.32 Å². The minimum absolute atomic E-state index is 0.120. The second-order valence-electron chi connectivity index (χ2n) is 7.45. The quantitative estimate of drug-likeness (QED) is 0.564.